The molecule has 0 radical (unpaired) electrons. The first-order valence-corrected chi connectivity index (χ1v) is 19.6. The van der Waals surface area contributed by atoms with Crippen molar-refractivity contribution in [2.24, 2.45) is 28.6 Å². The Hall–Kier alpha value is -2.83. The maximum Gasteiger partial charge on any atom is 1.00 e. The maximum absolute atomic E-state index is 15.4. The molecule has 1 aromatic carbocycles. The van der Waals surface area contributed by atoms with Crippen LogP contribution in [0.15, 0.2) is 56.0 Å². The van der Waals surface area contributed by atoms with Gasteiger partial charge in [-0.25, -0.2) is 4.39 Å². The van der Waals surface area contributed by atoms with Crippen LogP contribution in [0, 0.1) is 28.6 Å². The molecule has 1 saturated heterocycles. The summed E-state index contributed by atoms with van der Waals surface area (Å²) in [6, 6.07) is 3.06. The van der Waals surface area contributed by atoms with E-state index in [9.17, 15) is 49.2 Å². The van der Waals surface area contributed by atoms with Crippen LogP contribution in [0.2, 0.25) is 0 Å². The van der Waals surface area contributed by atoms with Gasteiger partial charge in [-0.3, -0.25) is 19.2 Å². The Bertz CT molecular complexity index is 2480. The number of hydrogen-bond acceptors (Lipinski definition) is 13. The molecule has 2 aromatic heterocycles. The molecule has 8 rings (SSSR count). The van der Waals surface area contributed by atoms with Gasteiger partial charge in [0.15, 0.2) is 39.6 Å². The number of aryl methyl sites for hydroxylation is 2. The molecule has 0 spiro atoms. The van der Waals surface area contributed by atoms with Crippen LogP contribution in [0.5, 0.6) is 0 Å². The number of hydrogen-bond donors (Lipinski definition) is 2. The average molecular weight is 850 g/mol. The molecule has 14 nitrogen and oxygen atoms in total. The van der Waals surface area contributed by atoms with E-state index >= 15 is 4.39 Å². The van der Waals surface area contributed by atoms with Gasteiger partial charge in [-0.1, -0.05) is 33.3 Å². The number of aliphatic hydroxyl groups is 2. The molecule has 0 unspecified atom stereocenters. The van der Waals surface area contributed by atoms with Gasteiger partial charge in [0, 0.05) is 46.4 Å². The number of Topliss-reactive ketones (excluding diaryl/α,β-unsaturated/α-hetero) is 1. The third-order valence-corrected chi connectivity index (χ3v) is 13.4. The molecule has 3 saturated carbocycles. The van der Waals surface area contributed by atoms with E-state index in [1.54, 1.807) is 26.8 Å². The summed E-state index contributed by atoms with van der Waals surface area (Å²) in [5, 5.41) is 44.1. The van der Waals surface area contributed by atoms with Crippen molar-refractivity contribution in [2.75, 3.05) is 6.61 Å². The summed E-state index contributed by atoms with van der Waals surface area (Å²) in [7, 11) is 0. The van der Waals surface area contributed by atoms with Gasteiger partial charge < -0.3 is 48.5 Å². The number of fused-ring (bicyclic) bond motifs is 9. The molecule has 17 heteroatoms. The number of aromatic carboxylic acids is 2. The van der Waals surface area contributed by atoms with Crippen molar-refractivity contribution in [2.45, 2.75) is 110 Å². The molecule has 9 atom stereocenters. The minimum Gasteiger partial charge on any atom is -0.543 e. The Kier molecular flexibility index (Phi) is 13.7. The second-order valence-electron chi connectivity index (χ2n) is 17.0. The summed E-state index contributed by atoms with van der Waals surface area (Å²) in [5.41, 5.74) is -3.30. The Morgan fingerprint density at radius 1 is 0.967 bits per heavy atom. The first-order chi connectivity index (χ1) is 27.2. The van der Waals surface area contributed by atoms with E-state index < -0.39 is 81.5 Å². The molecule has 310 valence electrons. The molecule has 3 aromatic rings. The number of ether oxygens (including phenoxy) is 2. The number of carboxylic acids is 2. The van der Waals surface area contributed by atoms with Crippen molar-refractivity contribution in [3.63, 3.8) is 0 Å². The van der Waals surface area contributed by atoms with Gasteiger partial charge in [-0.2, -0.15) is 0 Å². The van der Waals surface area contributed by atoms with Crippen LogP contribution >= 0.6 is 0 Å². The van der Waals surface area contributed by atoms with Gasteiger partial charge in [0.1, 0.15) is 24.3 Å². The predicted molar refractivity (Wildman–Crippen MR) is 201 cm³/mol. The zero-order chi connectivity index (χ0) is 42.4. The SMILES string of the molecule is CC1(C)O[C@@H]2C[C@H]3[C@@H]4C[C@H](F)C5=CC(=O)C=C[C@]5(C)[C@H]4[C@@H](O)C[C@]3(C)[C@]2(C(=O)CO)O1.CCCc1c2oc(C(=O)[O-])cc(=O)c2cc2c(=O)cc(C(=O)[O-])n(CC)c12.[Na+].[Na+]. The van der Waals surface area contributed by atoms with Crippen LogP contribution in [0.25, 0.3) is 21.9 Å². The number of carbonyl (C=O) groups is 4. The number of aliphatic hydroxyl groups excluding tert-OH is 2. The minimum absolute atomic E-state index is 0. The number of ketones is 2. The summed E-state index contributed by atoms with van der Waals surface area (Å²) in [4.78, 5) is 72.6. The molecular formula is C43H46FNNa2O13. The number of nitrogens with zero attached hydrogens (tertiary/aromatic N) is 1. The zero-order valence-corrected chi connectivity index (χ0v) is 39.1. The summed E-state index contributed by atoms with van der Waals surface area (Å²) >= 11 is 0. The van der Waals surface area contributed by atoms with Crippen molar-refractivity contribution in [1.29, 1.82) is 0 Å². The molecule has 2 N–H and O–H groups in total. The number of carbonyl (C=O) groups excluding carboxylic acids is 4. The molecule has 60 heavy (non-hydrogen) atoms. The van der Waals surface area contributed by atoms with Crippen LogP contribution in [0.4, 0.5) is 4.39 Å². The molecule has 0 bridgehead atoms. The number of aromatic nitrogens is 1. The van der Waals surface area contributed by atoms with Gasteiger partial charge in [-0.15, -0.1) is 0 Å². The van der Waals surface area contributed by atoms with E-state index in [4.69, 9.17) is 13.9 Å². The van der Waals surface area contributed by atoms with Gasteiger partial charge in [0.2, 0.25) is 0 Å². The molecule has 1 aliphatic heterocycles. The number of carboxylic acid groups (broad SMARTS) is 2. The third-order valence-electron chi connectivity index (χ3n) is 13.4. The van der Waals surface area contributed by atoms with Crippen molar-refractivity contribution >= 4 is 45.4 Å². The summed E-state index contributed by atoms with van der Waals surface area (Å²) in [6.07, 6.45) is 3.82. The van der Waals surface area contributed by atoms with Crippen molar-refractivity contribution < 1.29 is 117 Å². The van der Waals surface area contributed by atoms with Crippen LogP contribution in [-0.2, 0) is 32.0 Å². The average Bonchev–Trinajstić information content (AvgIpc) is 3.57. The number of alkyl halides is 1. The molecule has 3 heterocycles. The van der Waals surface area contributed by atoms with Crippen molar-refractivity contribution in [3.05, 3.63) is 79.5 Å². The zero-order valence-electron chi connectivity index (χ0n) is 35.1. The van der Waals surface area contributed by atoms with Gasteiger partial charge in [0.05, 0.1) is 34.8 Å². The Labute approximate surface area is 388 Å². The first-order valence-electron chi connectivity index (χ1n) is 19.6. The standard InChI is InChI=1S/C24H31FO6.C19H17NO7.2Na/c1-21(2)30-19-9-14-13-8-16(25)15-7-12(27)5-6-22(15,3)20(13)17(28)10-23(14,4)24(19,31-21)18(29)11-26;1-3-5-9-16-10(13(21)7-12(18(23)24)20(16)4-2)6-11-14(22)8-15(19(25)26)27-17(9)11;;/h5-7,13-14,16-17,19-20,26,28H,8-11H2,1-4H3;6-8H,3-5H2,1-2H3,(H,23,24)(H,25,26);;/q;;2*+1/p-2/t13-,14-,16-,17-,19+,20+,22-,23-,24+;;;/m0.../s1. The number of allylic oxidation sites excluding steroid dienone is 4. The number of pyridine rings is 1. The van der Waals surface area contributed by atoms with E-state index in [1.807, 2.05) is 20.8 Å². The maximum atomic E-state index is 15.4. The first kappa shape index (κ1) is 48.2. The molecule has 4 aliphatic carbocycles. The third kappa shape index (κ3) is 7.28. The van der Waals surface area contributed by atoms with Crippen LogP contribution < -0.4 is 80.2 Å². The van der Waals surface area contributed by atoms with Crippen molar-refractivity contribution in [3.8, 4) is 0 Å². The quantitative estimate of drug-likeness (QED) is 0.172. The fourth-order valence-electron chi connectivity index (χ4n) is 11.4. The predicted octanol–water partition coefficient (Wildman–Crippen LogP) is -3.91. The Morgan fingerprint density at radius 3 is 2.23 bits per heavy atom. The second kappa shape index (κ2) is 17.0. The van der Waals surface area contributed by atoms with Gasteiger partial charge >= 0.3 is 59.1 Å². The van der Waals surface area contributed by atoms with Crippen LogP contribution in [-0.4, -0.2) is 74.7 Å². The van der Waals surface area contributed by atoms with Crippen LogP contribution in [0.1, 0.15) is 93.8 Å². The van der Waals surface area contributed by atoms with E-state index in [2.05, 4.69) is 0 Å². The second-order valence-corrected chi connectivity index (χ2v) is 17.0. The smallest absolute Gasteiger partial charge is 0.543 e. The number of rotatable bonds is 7. The molecular weight excluding hydrogens is 803 g/mol. The van der Waals surface area contributed by atoms with E-state index in [0.717, 1.165) is 12.1 Å². The molecule has 4 fully saturated rings. The minimum atomic E-state index is -1.65. The Balaban J connectivity index is 0.000000222. The normalized spacial score (nSPS) is 31.9. The summed E-state index contributed by atoms with van der Waals surface area (Å²) < 4.78 is 34.7. The largest absolute Gasteiger partial charge is 1.00 e. The summed E-state index contributed by atoms with van der Waals surface area (Å²) in [5.74, 6) is -6.07. The monoisotopic (exact) mass is 849 g/mol. The van der Waals surface area contributed by atoms with Crippen molar-refractivity contribution in [1.82, 2.24) is 4.57 Å². The Morgan fingerprint density at radius 2 is 1.63 bits per heavy atom. The topological polar surface area (TPSA) is 226 Å². The fraction of sp³-hybridized carbons (Fsp3) is 0.535. The van der Waals surface area contributed by atoms with Gasteiger partial charge in [-0.05, 0) is 82.1 Å². The fourth-order valence-corrected chi connectivity index (χ4v) is 11.4. The van der Waals surface area contributed by atoms with Crippen LogP contribution in [0.3, 0.4) is 0 Å². The molecule has 0 amide bonds. The number of halogens is 1. The van der Waals surface area contributed by atoms with E-state index in [-0.39, 0.29) is 130 Å². The van der Waals surface area contributed by atoms with Gasteiger partial charge in [0.25, 0.3) is 0 Å². The van der Waals surface area contributed by atoms with E-state index in [0.29, 0.717) is 30.4 Å². The molecule has 5 aliphatic rings. The number of benzene rings is 1. The van der Waals surface area contributed by atoms with E-state index in [1.165, 1.54) is 22.8 Å². The summed E-state index contributed by atoms with van der Waals surface area (Å²) in [6.45, 7) is 10.4.